The number of fused-ring (bicyclic) bond motifs is 2. The third-order valence-corrected chi connectivity index (χ3v) is 4.24. The molecule has 3 heterocycles. The smallest absolute Gasteiger partial charge is 0.311 e. The second kappa shape index (κ2) is 8.18. The topological polar surface area (TPSA) is 42.7 Å². The van der Waals surface area contributed by atoms with E-state index in [1.807, 2.05) is 13.0 Å². The SMILES string of the molecule is CCC1CCCN1C.CCCCC(=O)Oc1cc2ccc1o2. The minimum absolute atomic E-state index is 0.184. The van der Waals surface area contributed by atoms with Gasteiger partial charge in [0.2, 0.25) is 0 Å². The zero-order chi connectivity index (χ0) is 15.9. The van der Waals surface area contributed by atoms with Gasteiger partial charge < -0.3 is 14.1 Å². The molecule has 1 unspecified atom stereocenters. The molecular formula is C18H27NO3. The van der Waals surface area contributed by atoms with Crippen molar-refractivity contribution in [3.8, 4) is 5.75 Å². The Kier molecular flexibility index (Phi) is 6.25. The van der Waals surface area contributed by atoms with Gasteiger partial charge in [-0.2, -0.15) is 0 Å². The first kappa shape index (κ1) is 16.8. The van der Waals surface area contributed by atoms with E-state index in [0.717, 1.165) is 24.5 Å². The summed E-state index contributed by atoms with van der Waals surface area (Å²) in [6.07, 6.45) is 6.51. The van der Waals surface area contributed by atoms with Crippen LogP contribution in [0.4, 0.5) is 0 Å². The van der Waals surface area contributed by atoms with E-state index < -0.39 is 0 Å². The van der Waals surface area contributed by atoms with Crippen molar-refractivity contribution in [1.82, 2.24) is 4.90 Å². The van der Waals surface area contributed by atoms with Gasteiger partial charge in [-0.3, -0.25) is 4.79 Å². The number of unbranched alkanes of at least 4 members (excludes halogenated alkanes) is 1. The highest BCUT2D eigenvalue weighted by Crippen LogP contribution is 2.29. The monoisotopic (exact) mass is 305 g/mol. The van der Waals surface area contributed by atoms with Gasteiger partial charge in [0.15, 0.2) is 11.3 Å². The summed E-state index contributed by atoms with van der Waals surface area (Å²) in [6, 6.07) is 6.28. The molecule has 1 atom stereocenters. The standard InChI is InChI=1S/C11H12O3.C7H15N/c1-2-3-4-11(12)14-10-7-8-5-6-9(10)13-8;1-3-7-5-4-6-8(7)2/h5-7H,2-4H2,1H3;7H,3-6H2,1-2H3. The maximum absolute atomic E-state index is 11.3. The predicted octanol–water partition coefficient (Wildman–Crippen LogP) is 4.46. The van der Waals surface area contributed by atoms with Gasteiger partial charge in [0, 0.05) is 18.5 Å². The minimum Gasteiger partial charge on any atom is -0.453 e. The van der Waals surface area contributed by atoms with Crippen LogP contribution >= 0.6 is 0 Å². The first-order valence-electron chi connectivity index (χ1n) is 8.36. The third-order valence-electron chi connectivity index (χ3n) is 4.24. The Balaban J connectivity index is 0.000000188. The number of carbonyl (C=O) groups excluding carboxylic acids is 1. The van der Waals surface area contributed by atoms with Crippen molar-refractivity contribution >= 4 is 17.1 Å². The van der Waals surface area contributed by atoms with E-state index in [4.69, 9.17) is 9.15 Å². The van der Waals surface area contributed by atoms with Crippen molar-refractivity contribution in [3.05, 3.63) is 18.2 Å². The lowest BCUT2D eigenvalue weighted by atomic mass is 10.2. The largest absolute Gasteiger partial charge is 0.453 e. The van der Waals surface area contributed by atoms with E-state index in [9.17, 15) is 4.79 Å². The molecule has 2 aromatic rings. The molecule has 0 aliphatic carbocycles. The predicted molar refractivity (Wildman–Crippen MR) is 88.5 cm³/mol. The molecule has 1 saturated heterocycles. The van der Waals surface area contributed by atoms with Crippen LogP contribution in [0, 0.1) is 0 Å². The van der Waals surface area contributed by atoms with Gasteiger partial charge in [-0.05, 0) is 51.4 Å². The molecule has 2 bridgehead atoms. The lowest BCUT2D eigenvalue weighted by Crippen LogP contribution is -2.23. The van der Waals surface area contributed by atoms with Gasteiger partial charge in [-0.1, -0.05) is 20.3 Å². The van der Waals surface area contributed by atoms with Crippen molar-refractivity contribution in [3.63, 3.8) is 0 Å². The molecule has 0 N–H and O–H groups in total. The molecule has 0 radical (unpaired) electrons. The molecule has 0 saturated carbocycles. The number of furan rings is 2. The second-order valence-corrected chi connectivity index (χ2v) is 5.97. The highest BCUT2D eigenvalue weighted by Gasteiger charge is 2.17. The molecule has 122 valence electrons. The van der Waals surface area contributed by atoms with E-state index >= 15 is 0 Å². The van der Waals surface area contributed by atoms with Crippen LogP contribution in [0.1, 0.15) is 52.4 Å². The second-order valence-electron chi connectivity index (χ2n) is 5.97. The molecule has 4 nitrogen and oxygen atoms in total. The van der Waals surface area contributed by atoms with Crippen molar-refractivity contribution in [2.75, 3.05) is 13.6 Å². The van der Waals surface area contributed by atoms with E-state index in [1.165, 1.54) is 25.8 Å². The normalized spacial score (nSPS) is 18.4. The maximum atomic E-state index is 11.3. The highest BCUT2D eigenvalue weighted by molar-refractivity contribution is 5.78. The van der Waals surface area contributed by atoms with Crippen molar-refractivity contribution in [2.45, 2.75) is 58.4 Å². The molecule has 1 fully saturated rings. The fraction of sp³-hybridized carbons (Fsp3) is 0.611. The molecule has 4 heteroatoms. The molecule has 1 aliphatic rings. The van der Waals surface area contributed by atoms with Gasteiger partial charge in [0.1, 0.15) is 5.58 Å². The van der Waals surface area contributed by atoms with Gasteiger partial charge in [0.05, 0.1) is 0 Å². The van der Waals surface area contributed by atoms with Crippen LogP contribution in [-0.2, 0) is 4.79 Å². The van der Waals surface area contributed by atoms with Gasteiger partial charge in [0.25, 0.3) is 0 Å². The molecule has 1 aliphatic heterocycles. The van der Waals surface area contributed by atoms with Gasteiger partial charge in [-0.25, -0.2) is 0 Å². The van der Waals surface area contributed by atoms with Crippen LogP contribution in [-0.4, -0.2) is 30.5 Å². The summed E-state index contributed by atoms with van der Waals surface area (Å²) in [7, 11) is 2.22. The fourth-order valence-corrected chi connectivity index (χ4v) is 2.83. The zero-order valence-corrected chi connectivity index (χ0v) is 13.9. The minimum atomic E-state index is -0.184. The summed E-state index contributed by atoms with van der Waals surface area (Å²) in [5, 5.41) is 0. The third kappa shape index (κ3) is 4.47. The Labute approximate surface area is 132 Å². The molecule has 22 heavy (non-hydrogen) atoms. The number of hydrogen-bond acceptors (Lipinski definition) is 4. The summed E-state index contributed by atoms with van der Waals surface area (Å²) < 4.78 is 10.4. The Morgan fingerprint density at radius 1 is 1.41 bits per heavy atom. The molecule has 0 aromatic carbocycles. The molecule has 3 rings (SSSR count). The summed E-state index contributed by atoms with van der Waals surface area (Å²) in [5.41, 5.74) is 1.39. The van der Waals surface area contributed by atoms with Crippen LogP contribution in [0.15, 0.2) is 22.6 Å². The molecule has 0 amide bonds. The Bertz CT molecular complexity index is 563. The van der Waals surface area contributed by atoms with E-state index in [2.05, 4.69) is 18.9 Å². The number of esters is 1. The number of hydrogen-bond donors (Lipinski definition) is 0. The number of carbonyl (C=O) groups is 1. The number of nitrogens with zero attached hydrogens (tertiary/aromatic N) is 1. The van der Waals surface area contributed by atoms with Crippen molar-refractivity contribution in [2.24, 2.45) is 0 Å². The van der Waals surface area contributed by atoms with Crippen LogP contribution in [0.5, 0.6) is 5.75 Å². The maximum Gasteiger partial charge on any atom is 0.311 e. The molecule has 2 aromatic heterocycles. The lowest BCUT2D eigenvalue weighted by molar-refractivity contribution is -0.134. The van der Waals surface area contributed by atoms with Crippen LogP contribution in [0.25, 0.3) is 11.2 Å². The highest BCUT2D eigenvalue weighted by atomic mass is 16.5. The Morgan fingerprint density at radius 3 is 2.68 bits per heavy atom. The van der Waals surface area contributed by atoms with Gasteiger partial charge >= 0.3 is 5.97 Å². The van der Waals surface area contributed by atoms with E-state index in [1.54, 1.807) is 12.1 Å². The summed E-state index contributed by atoms with van der Waals surface area (Å²) >= 11 is 0. The summed E-state index contributed by atoms with van der Waals surface area (Å²) in [5.74, 6) is 0.361. The van der Waals surface area contributed by atoms with Crippen molar-refractivity contribution in [1.29, 1.82) is 0 Å². The zero-order valence-electron chi connectivity index (χ0n) is 13.9. The Hall–Kier alpha value is -1.55. The average Bonchev–Trinajstić information content (AvgIpc) is 3.22. The van der Waals surface area contributed by atoms with E-state index in [-0.39, 0.29) is 5.97 Å². The Morgan fingerprint density at radius 2 is 2.23 bits per heavy atom. The fourth-order valence-electron chi connectivity index (χ4n) is 2.83. The lowest BCUT2D eigenvalue weighted by Gasteiger charge is -2.16. The van der Waals surface area contributed by atoms with Crippen molar-refractivity contribution < 1.29 is 13.9 Å². The summed E-state index contributed by atoms with van der Waals surface area (Å²) in [6.45, 7) is 5.63. The summed E-state index contributed by atoms with van der Waals surface area (Å²) in [4.78, 5) is 13.7. The van der Waals surface area contributed by atoms with Crippen LogP contribution < -0.4 is 4.74 Å². The quantitative estimate of drug-likeness (QED) is 0.604. The molecule has 0 spiro atoms. The average molecular weight is 305 g/mol. The first-order valence-corrected chi connectivity index (χ1v) is 8.36. The molecular weight excluding hydrogens is 278 g/mol. The van der Waals surface area contributed by atoms with E-state index in [0.29, 0.717) is 17.8 Å². The number of ether oxygens (including phenoxy) is 1. The number of likely N-dealkylation sites (tertiary alicyclic amines) is 1. The van der Waals surface area contributed by atoms with Gasteiger partial charge in [-0.15, -0.1) is 0 Å². The number of rotatable bonds is 5. The first-order chi connectivity index (χ1) is 10.6. The number of benzene rings is 1. The van der Waals surface area contributed by atoms with Crippen LogP contribution in [0.2, 0.25) is 0 Å². The van der Waals surface area contributed by atoms with Crippen LogP contribution in [0.3, 0.4) is 0 Å².